The van der Waals surface area contributed by atoms with Gasteiger partial charge in [-0.05, 0) is 12.1 Å². The van der Waals surface area contributed by atoms with Gasteiger partial charge in [-0.15, -0.1) is 0 Å². The number of carboxylic acids is 1. The van der Waals surface area contributed by atoms with Gasteiger partial charge in [-0.2, -0.15) is 0 Å². The van der Waals surface area contributed by atoms with Crippen LogP contribution in [0, 0.1) is 0 Å². The predicted octanol–water partition coefficient (Wildman–Crippen LogP) is 0.234. The Morgan fingerprint density at radius 3 is 2.21 bits per heavy atom. The van der Waals surface area contributed by atoms with E-state index in [0.29, 0.717) is 11.8 Å². The van der Waals surface area contributed by atoms with Crippen molar-refractivity contribution in [2.45, 2.75) is 0 Å². The van der Waals surface area contributed by atoms with Crippen molar-refractivity contribution < 1.29 is 19.8 Å². The maximum atomic E-state index is 10.1. The number of aliphatic carboxylic acids is 1. The van der Waals surface area contributed by atoms with E-state index in [4.69, 9.17) is 10.2 Å². The SMILES string of the molecule is NCC(=O)O.O=Cc1ccccc1O. The summed E-state index contributed by atoms with van der Waals surface area (Å²) in [6, 6.07) is 6.40. The number of nitrogens with two attached hydrogens (primary N) is 1. The van der Waals surface area contributed by atoms with Gasteiger partial charge in [0.2, 0.25) is 0 Å². The first-order valence-corrected chi connectivity index (χ1v) is 3.76. The van der Waals surface area contributed by atoms with E-state index < -0.39 is 5.97 Å². The summed E-state index contributed by atoms with van der Waals surface area (Å²) in [5.41, 5.74) is 4.90. The molecule has 0 heterocycles. The first kappa shape index (κ1) is 12.1. The van der Waals surface area contributed by atoms with Gasteiger partial charge in [0.15, 0.2) is 6.29 Å². The van der Waals surface area contributed by atoms with Crippen LogP contribution < -0.4 is 5.73 Å². The molecule has 1 rings (SSSR count). The van der Waals surface area contributed by atoms with Gasteiger partial charge in [-0.3, -0.25) is 9.59 Å². The van der Waals surface area contributed by atoms with E-state index in [1.807, 2.05) is 0 Å². The maximum Gasteiger partial charge on any atom is 0.317 e. The average molecular weight is 197 g/mol. The topological polar surface area (TPSA) is 101 Å². The van der Waals surface area contributed by atoms with Gasteiger partial charge >= 0.3 is 5.97 Å². The molecule has 0 unspecified atom stereocenters. The van der Waals surface area contributed by atoms with Crippen molar-refractivity contribution in [2.75, 3.05) is 6.54 Å². The van der Waals surface area contributed by atoms with E-state index in [0.717, 1.165) is 0 Å². The molecule has 0 spiro atoms. The molecule has 1 aromatic carbocycles. The highest BCUT2D eigenvalue weighted by Crippen LogP contribution is 2.11. The summed E-state index contributed by atoms with van der Waals surface area (Å²) in [6.45, 7) is -0.278. The molecule has 0 aliphatic heterocycles. The van der Waals surface area contributed by atoms with Crippen LogP contribution >= 0.6 is 0 Å². The third-order valence-electron chi connectivity index (χ3n) is 1.24. The number of rotatable bonds is 2. The number of aldehydes is 1. The summed E-state index contributed by atoms with van der Waals surface area (Å²) in [5.74, 6) is -0.933. The highest BCUT2D eigenvalue weighted by Gasteiger charge is 1.93. The average Bonchev–Trinajstić information content (AvgIpc) is 2.19. The molecule has 0 aliphatic carbocycles. The number of phenolic OH excluding ortho intramolecular Hbond substituents is 1. The summed E-state index contributed by atoms with van der Waals surface area (Å²) >= 11 is 0. The molecular formula is C9H11NO4. The van der Waals surface area contributed by atoms with E-state index in [1.165, 1.54) is 6.07 Å². The number of aromatic hydroxyl groups is 1. The van der Waals surface area contributed by atoms with Crippen LogP contribution in [0.2, 0.25) is 0 Å². The Labute approximate surface area is 80.8 Å². The highest BCUT2D eigenvalue weighted by molar-refractivity contribution is 5.78. The number of hydrogen-bond donors (Lipinski definition) is 3. The van der Waals surface area contributed by atoms with Crippen molar-refractivity contribution in [3.05, 3.63) is 29.8 Å². The van der Waals surface area contributed by atoms with Crippen LogP contribution in [-0.2, 0) is 4.79 Å². The van der Waals surface area contributed by atoms with Crippen molar-refractivity contribution in [1.82, 2.24) is 0 Å². The maximum absolute atomic E-state index is 10.1. The van der Waals surface area contributed by atoms with Crippen LogP contribution in [0.1, 0.15) is 10.4 Å². The number of benzene rings is 1. The van der Waals surface area contributed by atoms with Crippen LogP contribution in [0.25, 0.3) is 0 Å². The van der Waals surface area contributed by atoms with Crippen molar-refractivity contribution in [3.8, 4) is 5.75 Å². The molecule has 5 nitrogen and oxygen atoms in total. The Bertz CT molecular complexity index is 311. The molecule has 14 heavy (non-hydrogen) atoms. The van der Waals surface area contributed by atoms with Crippen LogP contribution in [0.4, 0.5) is 0 Å². The van der Waals surface area contributed by atoms with Gasteiger partial charge in [-0.1, -0.05) is 12.1 Å². The summed E-state index contributed by atoms with van der Waals surface area (Å²) in [4.78, 5) is 19.3. The van der Waals surface area contributed by atoms with E-state index in [2.05, 4.69) is 5.73 Å². The lowest BCUT2D eigenvalue weighted by Crippen LogP contribution is -2.10. The second-order valence-corrected chi connectivity index (χ2v) is 2.27. The lowest BCUT2D eigenvalue weighted by atomic mass is 10.2. The minimum atomic E-state index is -0.968. The van der Waals surface area contributed by atoms with Gasteiger partial charge in [0.25, 0.3) is 0 Å². The molecule has 0 aliphatic rings. The Morgan fingerprint density at radius 1 is 1.43 bits per heavy atom. The molecule has 0 amide bonds. The Morgan fingerprint density at radius 2 is 1.93 bits per heavy atom. The molecule has 5 heteroatoms. The molecule has 0 radical (unpaired) electrons. The van der Waals surface area contributed by atoms with Crippen molar-refractivity contribution in [3.63, 3.8) is 0 Å². The number of carbonyl (C=O) groups excluding carboxylic acids is 1. The van der Waals surface area contributed by atoms with Gasteiger partial charge in [0, 0.05) is 0 Å². The third kappa shape index (κ3) is 4.89. The summed E-state index contributed by atoms with van der Waals surface area (Å²) in [7, 11) is 0. The predicted molar refractivity (Wildman–Crippen MR) is 50.2 cm³/mol. The molecule has 4 N–H and O–H groups in total. The van der Waals surface area contributed by atoms with Crippen LogP contribution in [0.3, 0.4) is 0 Å². The fraction of sp³-hybridized carbons (Fsp3) is 0.111. The van der Waals surface area contributed by atoms with Gasteiger partial charge in [0.1, 0.15) is 5.75 Å². The van der Waals surface area contributed by atoms with Crippen LogP contribution in [-0.4, -0.2) is 29.0 Å². The fourth-order valence-corrected chi connectivity index (χ4v) is 0.587. The summed E-state index contributed by atoms with van der Waals surface area (Å²) in [6.07, 6.45) is 0.620. The van der Waals surface area contributed by atoms with Crippen molar-refractivity contribution in [2.24, 2.45) is 5.73 Å². The zero-order valence-electron chi connectivity index (χ0n) is 7.38. The molecule has 0 bridgehead atoms. The molecule has 0 atom stereocenters. The monoisotopic (exact) mass is 197 g/mol. The first-order valence-electron chi connectivity index (χ1n) is 3.76. The van der Waals surface area contributed by atoms with Gasteiger partial charge < -0.3 is 15.9 Å². The fourth-order valence-electron chi connectivity index (χ4n) is 0.587. The number of carboxylic acid groups (broad SMARTS) is 1. The molecule has 0 aromatic heterocycles. The normalized spacial score (nSPS) is 8.36. The standard InChI is InChI=1S/C7H6O2.C2H5NO2/c8-5-6-3-1-2-4-7(6)9;3-1-2(4)5/h1-5,9H;1,3H2,(H,4,5). The quantitative estimate of drug-likeness (QED) is 0.589. The van der Waals surface area contributed by atoms with Gasteiger partial charge in [0.05, 0.1) is 12.1 Å². The smallest absolute Gasteiger partial charge is 0.317 e. The zero-order valence-corrected chi connectivity index (χ0v) is 7.38. The van der Waals surface area contributed by atoms with Gasteiger partial charge in [-0.25, -0.2) is 0 Å². The second kappa shape index (κ2) is 6.62. The Balaban J connectivity index is 0.000000292. The minimum absolute atomic E-state index is 0.0347. The molecule has 0 fully saturated rings. The molecule has 1 aromatic rings. The van der Waals surface area contributed by atoms with E-state index in [-0.39, 0.29) is 12.3 Å². The van der Waals surface area contributed by atoms with Crippen molar-refractivity contribution in [1.29, 1.82) is 0 Å². The molecule has 76 valence electrons. The first-order chi connectivity index (χ1) is 6.61. The number of para-hydroxylation sites is 1. The van der Waals surface area contributed by atoms with Crippen molar-refractivity contribution >= 4 is 12.3 Å². The van der Waals surface area contributed by atoms with E-state index >= 15 is 0 Å². The Hall–Kier alpha value is -1.88. The van der Waals surface area contributed by atoms with Crippen LogP contribution in [0.5, 0.6) is 5.75 Å². The second-order valence-electron chi connectivity index (χ2n) is 2.27. The summed E-state index contributed by atoms with van der Waals surface area (Å²) < 4.78 is 0. The Kier molecular flexibility index (Phi) is 5.73. The largest absolute Gasteiger partial charge is 0.507 e. The number of phenols is 1. The van der Waals surface area contributed by atoms with Crippen LogP contribution in [0.15, 0.2) is 24.3 Å². The van der Waals surface area contributed by atoms with E-state index in [1.54, 1.807) is 18.2 Å². The highest BCUT2D eigenvalue weighted by atomic mass is 16.4. The molecule has 0 saturated heterocycles. The number of carbonyl (C=O) groups is 2. The zero-order chi connectivity index (χ0) is 11.0. The number of hydrogen-bond acceptors (Lipinski definition) is 4. The lowest BCUT2D eigenvalue weighted by Gasteiger charge is -1.91. The van der Waals surface area contributed by atoms with E-state index in [9.17, 15) is 9.59 Å². The molecule has 0 saturated carbocycles. The minimum Gasteiger partial charge on any atom is -0.507 e. The summed E-state index contributed by atoms with van der Waals surface area (Å²) in [5, 5.41) is 16.5. The lowest BCUT2D eigenvalue weighted by molar-refractivity contribution is -0.135. The molecular weight excluding hydrogens is 186 g/mol. The third-order valence-corrected chi connectivity index (χ3v) is 1.24.